The zero-order chi connectivity index (χ0) is 26.1. The van der Waals surface area contributed by atoms with Crippen LogP contribution >= 0.6 is 0 Å². The Morgan fingerprint density at radius 1 is 0.618 bits per heavy atom. The largest absolute Gasteiger partial charge is 0.480 e. The minimum atomic E-state index is -3.78. The summed E-state index contributed by atoms with van der Waals surface area (Å²) in [6.45, 7) is 6.58. The molecule has 2 aromatic carbocycles. The first kappa shape index (κ1) is 29.2. The van der Waals surface area contributed by atoms with Gasteiger partial charge in [0.15, 0.2) is 0 Å². The summed E-state index contributed by atoms with van der Waals surface area (Å²) in [4.78, 5) is 22.0. The van der Waals surface area contributed by atoms with Crippen molar-refractivity contribution in [3.05, 3.63) is 60.7 Å². The molecule has 10 nitrogen and oxygen atoms in total. The number of carbonyl (C=O) groups is 2. The third kappa shape index (κ3) is 8.86. The van der Waals surface area contributed by atoms with Crippen molar-refractivity contribution in [2.45, 2.75) is 49.6 Å². The molecule has 0 saturated carbocycles. The van der Waals surface area contributed by atoms with Gasteiger partial charge in [0.05, 0.1) is 9.79 Å². The number of aliphatic carboxylic acids is 2. The Labute approximate surface area is 200 Å². The molecule has 0 amide bonds. The maximum absolute atomic E-state index is 11.9. The minimum Gasteiger partial charge on any atom is -0.480 e. The monoisotopic (exact) mass is 514 g/mol. The van der Waals surface area contributed by atoms with E-state index in [1.54, 1.807) is 64.1 Å². The number of hydrogen-bond acceptors (Lipinski definition) is 6. The first-order valence-electron chi connectivity index (χ1n) is 10.3. The van der Waals surface area contributed by atoms with Gasteiger partial charge in [-0.05, 0) is 36.1 Å². The number of hydrogen-bond donors (Lipinski definition) is 4. The first-order valence-corrected chi connectivity index (χ1v) is 13.3. The zero-order valence-electron chi connectivity index (χ0n) is 19.2. The first-order chi connectivity index (χ1) is 15.7. The standard InChI is InChI=1S/2C11H15NO4S/c2*1-8(2)10(11(13)14)12-17(15,16)9-6-4-3-5-7-9/h2*3-8,10,12H,1-2H3,(H,13,14)/t2*10-/m00/s1. The lowest BCUT2D eigenvalue weighted by Crippen LogP contribution is -2.44. The lowest BCUT2D eigenvalue weighted by molar-refractivity contribution is -0.141. The van der Waals surface area contributed by atoms with Crippen LogP contribution in [0.4, 0.5) is 0 Å². The summed E-state index contributed by atoms with van der Waals surface area (Å²) in [6, 6.07) is 13.1. The van der Waals surface area contributed by atoms with E-state index in [2.05, 4.69) is 9.44 Å². The van der Waals surface area contributed by atoms with Gasteiger partial charge in [0, 0.05) is 0 Å². The van der Waals surface area contributed by atoms with E-state index < -0.39 is 44.1 Å². The Morgan fingerprint density at radius 3 is 1.09 bits per heavy atom. The van der Waals surface area contributed by atoms with E-state index in [4.69, 9.17) is 10.2 Å². The molecule has 0 heterocycles. The van der Waals surface area contributed by atoms with E-state index in [9.17, 15) is 26.4 Å². The molecule has 0 aliphatic rings. The Balaban J connectivity index is 0.000000340. The van der Waals surface area contributed by atoms with E-state index in [1.807, 2.05) is 0 Å². The van der Waals surface area contributed by atoms with Crippen molar-refractivity contribution in [3.8, 4) is 0 Å². The van der Waals surface area contributed by atoms with Crippen LogP contribution in [0.5, 0.6) is 0 Å². The average molecular weight is 515 g/mol. The van der Waals surface area contributed by atoms with Gasteiger partial charge in [0.1, 0.15) is 12.1 Å². The number of carboxylic acids is 2. The minimum absolute atomic E-state index is 0.0619. The average Bonchev–Trinajstić information content (AvgIpc) is 2.77. The maximum Gasteiger partial charge on any atom is 0.322 e. The highest BCUT2D eigenvalue weighted by atomic mass is 32.2. The molecule has 2 rings (SSSR count). The van der Waals surface area contributed by atoms with Crippen molar-refractivity contribution < 1.29 is 36.6 Å². The number of benzene rings is 2. The van der Waals surface area contributed by atoms with Gasteiger partial charge in [0.25, 0.3) is 0 Å². The molecular formula is C22H30N2O8S2. The van der Waals surface area contributed by atoms with Gasteiger partial charge in [-0.25, -0.2) is 16.8 Å². The second-order valence-corrected chi connectivity index (χ2v) is 11.4. The molecule has 2 aromatic rings. The lowest BCUT2D eigenvalue weighted by Gasteiger charge is -2.17. The lowest BCUT2D eigenvalue weighted by atomic mass is 10.1. The van der Waals surface area contributed by atoms with Crippen molar-refractivity contribution in [3.63, 3.8) is 0 Å². The van der Waals surface area contributed by atoms with Crippen LogP contribution in [0.25, 0.3) is 0 Å². The van der Waals surface area contributed by atoms with Gasteiger partial charge < -0.3 is 10.2 Å². The van der Waals surface area contributed by atoms with E-state index in [0.717, 1.165) is 0 Å². The van der Waals surface area contributed by atoms with E-state index >= 15 is 0 Å². The molecule has 2 atom stereocenters. The van der Waals surface area contributed by atoms with Gasteiger partial charge in [-0.3, -0.25) is 9.59 Å². The van der Waals surface area contributed by atoms with Crippen LogP contribution in [0.2, 0.25) is 0 Å². The number of rotatable bonds is 10. The van der Waals surface area contributed by atoms with E-state index in [-0.39, 0.29) is 21.6 Å². The second kappa shape index (κ2) is 12.6. The highest BCUT2D eigenvalue weighted by Crippen LogP contribution is 2.12. The fourth-order valence-electron chi connectivity index (χ4n) is 2.61. The second-order valence-electron chi connectivity index (χ2n) is 7.99. The van der Waals surface area contributed by atoms with Gasteiger partial charge in [-0.1, -0.05) is 64.1 Å². The molecule has 12 heteroatoms. The SMILES string of the molecule is CC(C)[C@H](NS(=O)(=O)c1ccccc1)C(=O)O.CC(C)[C@H](NS(=O)(=O)c1ccccc1)C(=O)O. The Kier molecular flexibility index (Phi) is 10.8. The van der Waals surface area contributed by atoms with Crippen molar-refractivity contribution in [1.82, 2.24) is 9.44 Å². The van der Waals surface area contributed by atoms with Crippen molar-refractivity contribution in [2.24, 2.45) is 11.8 Å². The van der Waals surface area contributed by atoms with E-state index in [1.165, 1.54) is 24.3 Å². The summed E-state index contributed by atoms with van der Waals surface area (Å²) >= 11 is 0. The van der Waals surface area contributed by atoms with Crippen molar-refractivity contribution >= 4 is 32.0 Å². The van der Waals surface area contributed by atoms with Crippen LogP contribution in [0.3, 0.4) is 0 Å². The third-order valence-corrected chi connectivity index (χ3v) is 7.45. The van der Waals surface area contributed by atoms with Gasteiger partial charge >= 0.3 is 11.9 Å². The molecule has 0 fully saturated rings. The molecule has 0 spiro atoms. The van der Waals surface area contributed by atoms with Gasteiger partial charge in [-0.15, -0.1) is 0 Å². The molecule has 0 aromatic heterocycles. The fourth-order valence-corrected chi connectivity index (χ4v) is 5.33. The molecule has 0 bridgehead atoms. The topological polar surface area (TPSA) is 167 Å². The molecule has 0 radical (unpaired) electrons. The van der Waals surface area contributed by atoms with Crippen molar-refractivity contribution in [1.29, 1.82) is 0 Å². The van der Waals surface area contributed by atoms with Gasteiger partial charge in [-0.2, -0.15) is 9.44 Å². The predicted octanol–water partition coefficient (Wildman–Crippen LogP) is 2.15. The summed E-state index contributed by atoms with van der Waals surface area (Å²) in [5, 5.41) is 17.9. The quantitative estimate of drug-likeness (QED) is 0.374. The van der Waals surface area contributed by atoms with Crippen LogP contribution in [-0.2, 0) is 29.6 Å². The molecule has 0 aliphatic heterocycles. The highest BCUT2D eigenvalue weighted by molar-refractivity contribution is 7.89. The summed E-state index contributed by atoms with van der Waals surface area (Å²) in [7, 11) is -7.56. The predicted molar refractivity (Wildman–Crippen MR) is 126 cm³/mol. The van der Waals surface area contributed by atoms with Crippen molar-refractivity contribution in [2.75, 3.05) is 0 Å². The van der Waals surface area contributed by atoms with Crippen LogP contribution in [-0.4, -0.2) is 51.1 Å². The fraction of sp³-hybridized carbons (Fsp3) is 0.364. The molecule has 4 N–H and O–H groups in total. The zero-order valence-corrected chi connectivity index (χ0v) is 20.9. The summed E-state index contributed by atoms with van der Waals surface area (Å²) in [5.74, 6) is -3.02. The number of sulfonamides is 2. The Morgan fingerprint density at radius 2 is 0.882 bits per heavy atom. The maximum atomic E-state index is 11.9. The molecular weight excluding hydrogens is 484 g/mol. The number of carboxylic acid groups (broad SMARTS) is 2. The summed E-state index contributed by atoms with van der Waals surface area (Å²) < 4.78 is 51.9. The van der Waals surface area contributed by atoms with Crippen LogP contribution in [0, 0.1) is 11.8 Å². The van der Waals surface area contributed by atoms with Gasteiger partial charge in [0.2, 0.25) is 20.0 Å². The third-order valence-electron chi connectivity index (χ3n) is 4.54. The number of nitrogens with one attached hydrogen (secondary N) is 2. The normalized spacial score (nSPS) is 13.6. The Bertz CT molecular complexity index is 1060. The molecule has 0 saturated heterocycles. The van der Waals surface area contributed by atoms with Crippen LogP contribution in [0.1, 0.15) is 27.7 Å². The van der Waals surface area contributed by atoms with Crippen LogP contribution in [0.15, 0.2) is 70.5 Å². The van der Waals surface area contributed by atoms with Crippen LogP contribution < -0.4 is 9.44 Å². The molecule has 0 aliphatic carbocycles. The summed E-state index contributed by atoms with van der Waals surface area (Å²) in [5.41, 5.74) is 0. The Hall–Kier alpha value is -2.80. The highest BCUT2D eigenvalue weighted by Gasteiger charge is 2.28. The smallest absolute Gasteiger partial charge is 0.322 e. The summed E-state index contributed by atoms with van der Waals surface area (Å²) in [6.07, 6.45) is 0. The molecule has 0 unspecified atom stereocenters. The van der Waals surface area contributed by atoms with E-state index in [0.29, 0.717) is 0 Å². The molecule has 34 heavy (non-hydrogen) atoms. The molecule has 188 valence electrons.